The molecule has 3 aromatic rings. The fraction of sp³-hybridized carbons (Fsp3) is 0.280. The maximum Gasteiger partial charge on any atom is 0.225 e. The summed E-state index contributed by atoms with van der Waals surface area (Å²) < 4.78 is 0. The van der Waals surface area contributed by atoms with E-state index < -0.39 is 17.9 Å². The number of nitrogens with zero attached hydrogens (tertiary/aromatic N) is 1. The number of aliphatic hydroxyl groups is 1. The maximum atomic E-state index is 12.2. The van der Waals surface area contributed by atoms with Crippen LogP contribution < -0.4 is 16.8 Å². The molecule has 0 fully saturated rings. The first-order valence-corrected chi connectivity index (χ1v) is 11.1. The van der Waals surface area contributed by atoms with E-state index in [0.717, 1.165) is 16.7 Å². The monoisotopic (exact) mass is 468 g/mol. The number of nitrogens with one attached hydrogen (secondary N) is 1. The van der Waals surface area contributed by atoms with Crippen molar-refractivity contribution in [3.63, 3.8) is 0 Å². The Kier molecular flexibility index (Phi) is 8.27. The quantitative estimate of drug-likeness (QED) is 0.310. The van der Waals surface area contributed by atoms with E-state index >= 15 is 0 Å². The van der Waals surface area contributed by atoms with E-state index in [1.165, 1.54) is 6.07 Å². The first kappa shape index (κ1) is 24.5. The topological polar surface area (TPSA) is 134 Å². The van der Waals surface area contributed by atoms with Crippen molar-refractivity contribution < 1.29 is 15.0 Å². The third kappa shape index (κ3) is 7.18. The van der Waals surface area contributed by atoms with E-state index in [2.05, 4.69) is 10.3 Å². The molecular weight excluding hydrogens is 440 g/mol. The molecule has 8 heteroatoms. The summed E-state index contributed by atoms with van der Waals surface area (Å²) in [6.45, 7) is 2.40. The number of nitrogen functional groups attached to an aromatic ring is 1. The highest BCUT2D eigenvalue weighted by Gasteiger charge is 2.20. The summed E-state index contributed by atoms with van der Waals surface area (Å²) >= 11 is 6.03. The molecule has 0 aliphatic heterocycles. The van der Waals surface area contributed by atoms with Gasteiger partial charge in [-0.3, -0.25) is 4.79 Å². The zero-order valence-electron chi connectivity index (χ0n) is 18.4. The third-order valence-electron chi connectivity index (χ3n) is 5.47. The number of aromatic hydroxyl groups is 1. The Labute approximate surface area is 198 Å². The van der Waals surface area contributed by atoms with Crippen LogP contribution in [-0.4, -0.2) is 33.7 Å². The molecule has 3 rings (SSSR count). The van der Waals surface area contributed by atoms with Crippen molar-refractivity contribution >= 4 is 23.3 Å². The van der Waals surface area contributed by atoms with Crippen LogP contribution in [0.25, 0.3) is 0 Å². The number of primary amides is 1. The number of carbonyl (C=O) groups excluding carboxylic acids is 1. The Morgan fingerprint density at radius 3 is 2.55 bits per heavy atom. The summed E-state index contributed by atoms with van der Waals surface area (Å²) in [6, 6.07) is 16.0. The predicted molar refractivity (Wildman–Crippen MR) is 130 cm³/mol. The largest absolute Gasteiger partial charge is 0.508 e. The standard InChI is InChI=1S/C25H29ClN4O3/c1-15(29-14-23(32)19-5-6-24(27)30-13-19)7-16-3-2-4-18(8-16)22(25(28)33)11-17-9-20(26)12-21(31)10-17/h2-6,8-10,12-13,15,22-23,29,31-32H,7,11,14H2,1H3,(H2,27,30)(H2,28,33)/t15-,22?,23+/m1/s1. The highest BCUT2D eigenvalue weighted by atomic mass is 35.5. The van der Waals surface area contributed by atoms with Crippen molar-refractivity contribution in [3.8, 4) is 5.75 Å². The first-order valence-electron chi connectivity index (χ1n) is 10.7. The molecule has 1 amide bonds. The second-order valence-corrected chi connectivity index (χ2v) is 8.70. The fourth-order valence-electron chi connectivity index (χ4n) is 3.78. The van der Waals surface area contributed by atoms with E-state index in [1.54, 1.807) is 30.5 Å². The number of aliphatic hydroxyl groups excluding tert-OH is 1. The van der Waals surface area contributed by atoms with Crippen molar-refractivity contribution in [2.75, 3.05) is 12.3 Å². The normalized spacial score (nSPS) is 13.9. The molecule has 3 atom stereocenters. The summed E-state index contributed by atoms with van der Waals surface area (Å²) in [5.41, 5.74) is 14.6. The molecule has 0 spiro atoms. The number of anilines is 1. The molecule has 1 unspecified atom stereocenters. The van der Waals surface area contributed by atoms with Gasteiger partial charge in [0.05, 0.1) is 12.0 Å². The van der Waals surface area contributed by atoms with Gasteiger partial charge >= 0.3 is 0 Å². The van der Waals surface area contributed by atoms with Gasteiger partial charge < -0.3 is 27.0 Å². The number of amides is 1. The Balaban J connectivity index is 1.64. The first-order chi connectivity index (χ1) is 15.7. The van der Waals surface area contributed by atoms with E-state index in [0.29, 0.717) is 35.8 Å². The van der Waals surface area contributed by atoms with Crippen LogP contribution in [0.4, 0.5) is 5.82 Å². The lowest BCUT2D eigenvalue weighted by molar-refractivity contribution is -0.119. The van der Waals surface area contributed by atoms with Crippen LogP contribution in [-0.2, 0) is 17.6 Å². The van der Waals surface area contributed by atoms with Gasteiger partial charge in [0.2, 0.25) is 5.91 Å². The van der Waals surface area contributed by atoms with Gasteiger partial charge in [-0.1, -0.05) is 41.9 Å². The number of carbonyl (C=O) groups is 1. The van der Waals surface area contributed by atoms with Crippen LogP contribution in [0.15, 0.2) is 60.8 Å². The SMILES string of the molecule is C[C@H](Cc1cccc(C(Cc2cc(O)cc(Cl)c2)C(N)=O)c1)NC[C@H](O)c1ccc(N)nc1. The number of phenolic OH excluding ortho intramolecular Hbond substituents is 1. The lowest BCUT2D eigenvalue weighted by atomic mass is 9.89. The second-order valence-electron chi connectivity index (χ2n) is 8.27. The van der Waals surface area contributed by atoms with Crippen LogP contribution in [0, 0.1) is 0 Å². The molecule has 7 N–H and O–H groups in total. The van der Waals surface area contributed by atoms with Gasteiger partial charge in [0.25, 0.3) is 0 Å². The number of hydrogen-bond donors (Lipinski definition) is 5. The number of aromatic nitrogens is 1. The minimum atomic E-state index is -0.694. The van der Waals surface area contributed by atoms with Gasteiger partial charge in [-0.2, -0.15) is 0 Å². The molecule has 174 valence electrons. The van der Waals surface area contributed by atoms with E-state index in [4.69, 9.17) is 23.1 Å². The summed E-state index contributed by atoms with van der Waals surface area (Å²) in [5.74, 6) is -0.538. The predicted octanol–water partition coefficient (Wildman–Crippen LogP) is 3.09. The van der Waals surface area contributed by atoms with Crippen molar-refractivity contribution in [1.82, 2.24) is 10.3 Å². The second kappa shape index (κ2) is 11.1. The minimum absolute atomic E-state index is 0.0475. The number of nitrogens with two attached hydrogens (primary N) is 2. The Hall–Kier alpha value is -3.13. The molecule has 0 bridgehead atoms. The van der Waals surface area contributed by atoms with Gasteiger partial charge in [0.1, 0.15) is 11.6 Å². The molecule has 33 heavy (non-hydrogen) atoms. The number of benzene rings is 2. The Bertz CT molecular complexity index is 1070. The summed E-state index contributed by atoms with van der Waals surface area (Å²) in [5, 5.41) is 23.9. The average Bonchev–Trinajstić information content (AvgIpc) is 2.75. The lowest BCUT2D eigenvalue weighted by Gasteiger charge is -2.19. The van der Waals surface area contributed by atoms with Crippen molar-refractivity contribution in [2.24, 2.45) is 5.73 Å². The lowest BCUT2D eigenvalue weighted by Crippen LogP contribution is -2.32. The molecule has 0 radical (unpaired) electrons. The van der Waals surface area contributed by atoms with Gasteiger partial charge in [0.15, 0.2) is 0 Å². The van der Waals surface area contributed by atoms with E-state index in [1.807, 2.05) is 31.2 Å². The molecular formula is C25H29ClN4O3. The van der Waals surface area contributed by atoms with Crippen LogP contribution in [0.1, 0.15) is 41.2 Å². The Morgan fingerprint density at radius 2 is 1.88 bits per heavy atom. The smallest absolute Gasteiger partial charge is 0.225 e. The zero-order valence-corrected chi connectivity index (χ0v) is 19.2. The van der Waals surface area contributed by atoms with E-state index in [9.17, 15) is 15.0 Å². The Morgan fingerprint density at radius 1 is 1.09 bits per heavy atom. The summed E-state index contributed by atoms with van der Waals surface area (Å²) in [6.07, 6.45) is 1.91. The molecule has 0 aliphatic rings. The van der Waals surface area contributed by atoms with Gasteiger partial charge in [-0.25, -0.2) is 4.98 Å². The van der Waals surface area contributed by atoms with Crippen molar-refractivity contribution in [1.29, 1.82) is 0 Å². The summed E-state index contributed by atoms with van der Waals surface area (Å²) in [4.78, 5) is 16.2. The highest BCUT2D eigenvalue weighted by molar-refractivity contribution is 6.30. The molecule has 0 aliphatic carbocycles. The van der Waals surface area contributed by atoms with Gasteiger partial charge in [-0.15, -0.1) is 0 Å². The number of pyridine rings is 1. The highest BCUT2D eigenvalue weighted by Crippen LogP contribution is 2.26. The molecule has 1 heterocycles. The van der Waals surface area contributed by atoms with E-state index in [-0.39, 0.29) is 11.8 Å². The number of halogens is 1. The number of rotatable bonds is 10. The third-order valence-corrected chi connectivity index (χ3v) is 5.69. The molecule has 0 saturated carbocycles. The fourth-order valence-corrected chi connectivity index (χ4v) is 4.03. The van der Waals surface area contributed by atoms with Crippen LogP contribution in [0.3, 0.4) is 0 Å². The van der Waals surface area contributed by atoms with Gasteiger partial charge in [0, 0.05) is 29.4 Å². The summed E-state index contributed by atoms with van der Waals surface area (Å²) in [7, 11) is 0. The maximum absolute atomic E-state index is 12.2. The van der Waals surface area contributed by atoms with Crippen molar-refractivity contribution in [3.05, 3.63) is 88.1 Å². The molecule has 2 aromatic carbocycles. The minimum Gasteiger partial charge on any atom is -0.508 e. The molecule has 7 nitrogen and oxygen atoms in total. The molecule has 0 saturated heterocycles. The zero-order chi connectivity index (χ0) is 24.0. The number of phenols is 1. The average molecular weight is 469 g/mol. The van der Waals surface area contributed by atoms with Crippen LogP contribution in [0.2, 0.25) is 5.02 Å². The molecule has 1 aromatic heterocycles. The van der Waals surface area contributed by atoms with Crippen LogP contribution in [0.5, 0.6) is 5.75 Å². The van der Waals surface area contributed by atoms with Crippen molar-refractivity contribution in [2.45, 2.75) is 37.8 Å². The number of hydrogen-bond acceptors (Lipinski definition) is 6. The van der Waals surface area contributed by atoms with Crippen LogP contribution >= 0.6 is 11.6 Å². The van der Waals surface area contributed by atoms with Gasteiger partial charge in [-0.05, 0) is 60.7 Å².